The molecule has 6 heteroatoms. The summed E-state index contributed by atoms with van der Waals surface area (Å²) in [5.41, 5.74) is 2.13. The molecule has 0 radical (unpaired) electrons. The highest BCUT2D eigenvalue weighted by atomic mass is 16.2. The molecule has 2 aromatic rings. The lowest BCUT2D eigenvalue weighted by Crippen LogP contribution is -2.54. The minimum Gasteiger partial charge on any atom is -0.354 e. The molecule has 2 atom stereocenters. The van der Waals surface area contributed by atoms with Gasteiger partial charge in [0.25, 0.3) is 0 Å². The van der Waals surface area contributed by atoms with E-state index in [9.17, 15) is 4.79 Å². The van der Waals surface area contributed by atoms with Gasteiger partial charge in [0, 0.05) is 43.9 Å². The number of aryl methyl sites for hydroxylation is 1. The molecule has 1 aromatic heterocycles. The van der Waals surface area contributed by atoms with Gasteiger partial charge in [-0.2, -0.15) is 0 Å². The summed E-state index contributed by atoms with van der Waals surface area (Å²) in [5, 5.41) is 3.15. The van der Waals surface area contributed by atoms with Crippen molar-refractivity contribution < 1.29 is 4.79 Å². The molecule has 1 N–H and O–H groups in total. The third-order valence-corrected chi connectivity index (χ3v) is 5.60. The largest absolute Gasteiger partial charge is 0.354 e. The lowest BCUT2D eigenvalue weighted by Gasteiger charge is -2.38. The Labute approximate surface area is 174 Å². The molecule has 3 rings (SSSR count). The Kier molecular flexibility index (Phi) is 6.85. The number of hydrogen-bond acceptors (Lipinski definition) is 5. The van der Waals surface area contributed by atoms with Crippen LogP contribution in [0.15, 0.2) is 36.4 Å². The number of piperazine rings is 1. The molecule has 0 aliphatic carbocycles. The number of carbonyl (C=O) groups is 1. The van der Waals surface area contributed by atoms with Crippen LogP contribution >= 0.6 is 0 Å². The molecule has 0 bridgehead atoms. The number of anilines is 1. The van der Waals surface area contributed by atoms with Crippen LogP contribution in [0.5, 0.6) is 0 Å². The lowest BCUT2D eigenvalue weighted by molar-refractivity contribution is -0.126. The van der Waals surface area contributed by atoms with Crippen molar-refractivity contribution in [1.29, 1.82) is 0 Å². The van der Waals surface area contributed by atoms with E-state index < -0.39 is 0 Å². The van der Waals surface area contributed by atoms with Gasteiger partial charge in [0.2, 0.25) is 5.91 Å². The maximum absolute atomic E-state index is 12.8. The van der Waals surface area contributed by atoms with E-state index in [1.54, 1.807) is 0 Å². The molecule has 156 valence electrons. The van der Waals surface area contributed by atoms with Gasteiger partial charge in [-0.15, -0.1) is 0 Å². The summed E-state index contributed by atoms with van der Waals surface area (Å²) in [4.78, 5) is 26.6. The van der Waals surface area contributed by atoms with Gasteiger partial charge < -0.3 is 10.2 Å². The molecule has 2 heterocycles. The predicted octanol–water partition coefficient (Wildman–Crippen LogP) is 3.30. The molecule has 6 nitrogen and oxygen atoms in total. The average molecular weight is 396 g/mol. The highest BCUT2D eigenvalue weighted by molar-refractivity contribution is 5.81. The van der Waals surface area contributed by atoms with Crippen molar-refractivity contribution in [3.8, 4) is 0 Å². The first-order valence-electron chi connectivity index (χ1n) is 10.5. The molecule has 1 fully saturated rings. The van der Waals surface area contributed by atoms with Gasteiger partial charge in [0.05, 0.1) is 12.1 Å². The van der Waals surface area contributed by atoms with Crippen LogP contribution in [0.4, 0.5) is 5.82 Å². The summed E-state index contributed by atoms with van der Waals surface area (Å²) >= 11 is 0. The Bertz CT molecular complexity index is 815. The number of rotatable bonds is 6. The fraction of sp³-hybridized carbons (Fsp3) is 0.522. The van der Waals surface area contributed by atoms with Crippen LogP contribution < -0.4 is 10.2 Å². The Hall–Kier alpha value is -2.47. The number of benzene rings is 1. The van der Waals surface area contributed by atoms with Crippen molar-refractivity contribution in [2.75, 3.05) is 31.1 Å². The van der Waals surface area contributed by atoms with Gasteiger partial charge in [-0.05, 0) is 26.3 Å². The molecule has 1 saturated heterocycles. The maximum Gasteiger partial charge on any atom is 0.237 e. The van der Waals surface area contributed by atoms with Crippen LogP contribution in [-0.4, -0.2) is 53.0 Å². The number of nitrogens with one attached hydrogen (secondary N) is 1. The topological polar surface area (TPSA) is 61.4 Å². The van der Waals surface area contributed by atoms with Crippen LogP contribution in [0.2, 0.25) is 0 Å². The Morgan fingerprint density at radius 2 is 1.66 bits per heavy atom. The minimum atomic E-state index is -0.151. The van der Waals surface area contributed by atoms with E-state index in [4.69, 9.17) is 4.98 Å². The summed E-state index contributed by atoms with van der Waals surface area (Å²) in [6, 6.07) is 12.0. The SMILES string of the molecule is Cc1cc(N2CCN(C(C)C(=O)NC(C)c3ccccc3)CC2)nc(C(C)C)n1. The van der Waals surface area contributed by atoms with Crippen molar-refractivity contribution in [2.24, 2.45) is 0 Å². The smallest absolute Gasteiger partial charge is 0.237 e. The molecule has 2 unspecified atom stereocenters. The van der Waals surface area contributed by atoms with Crippen molar-refractivity contribution in [3.63, 3.8) is 0 Å². The van der Waals surface area contributed by atoms with E-state index in [2.05, 4.69) is 40.0 Å². The normalized spacial score (nSPS) is 17.2. The number of nitrogens with zero attached hydrogens (tertiary/aromatic N) is 4. The maximum atomic E-state index is 12.8. The molecule has 0 spiro atoms. The molecular formula is C23H33N5O. The monoisotopic (exact) mass is 395 g/mol. The zero-order valence-electron chi connectivity index (χ0n) is 18.2. The van der Waals surface area contributed by atoms with Crippen molar-refractivity contribution >= 4 is 11.7 Å². The third kappa shape index (κ3) is 5.32. The van der Waals surface area contributed by atoms with E-state index in [-0.39, 0.29) is 18.0 Å². The van der Waals surface area contributed by atoms with Gasteiger partial charge in [0.1, 0.15) is 11.6 Å². The standard InChI is InChI=1S/C23H33N5O/c1-16(2)22-24-17(3)15-21(26-22)28-13-11-27(12-14-28)19(5)23(29)25-18(4)20-9-7-6-8-10-20/h6-10,15-16,18-19H,11-14H2,1-5H3,(H,25,29). The minimum absolute atomic E-state index is 0.00545. The van der Waals surface area contributed by atoms with Crippen LogP contribution in [0.3, 0.4) is 0 Å². The van der Waals surface area contributed by atoms with Crippen LogP contribution in [0, 0.1) is 6.92 Å². The summed E-state index contributed by atoms with van der Waals surface area (Å²) in [6.07, 6.45) is 0. The summed E-state index contributed by atoms with van der Waals surface area (Å²) in [6.45, 7) is 13.7. The fourth-order valence-electron chi connectivity index (χ4n) is 3.66. The molecular weight excluding hydrogens is 362 g/mol. The third-order valence-electron chi connectivity index (χ3n) is 5.60. The van der Waals surface area contributed by atoms with E-state index >= 15 is 0 Å². The first kappa shape index (κ1) is 21.2. The van der Waals surface area contributed by atoms with Gasteiger partial charge >= 0.3 is 0 Å². The second-order valence-corrected chi connectivity index (χ2v) is 8.22. The van der Waals surface area contributed by atoms with Crippen molar-refractivity contribution in [3.05, 3.63) is 53.5 Å². The number of aromatic nitrogens is 2. The molecule has 1 amide bonds. The van der Waals surface area contributed by atoms with Gasteiger partial charge in [-0.3, -0.25) is 9.69 Å². The zero-order valence-corrected chi connectivity index (χ0v) is 18.2. The van der Waals surface area contributed by atoms with Crippen LogP contribution in [0.1, 0.15) is 56.7 Å². The summed E-state index contributed by atoms with van der Waals surface area (Å²) in [7, 11) is 0. The molecule has 1 aliphatic heterocycles. The van der Waals surface area contributed by atoms with Gasteiger partial charge in [-0.25, -0.2) is 9.97 Å². The Morgan fingerprint density at radius 3 is 2.28 bits per heavy atom. The second kappa shape index (κ2) is 9.35. The molecule has 1 aromatic carbocycles. The quantitative estimate of drug-likeness (QED) is 0.813. The van der Waals surface area contributed by atoms with Crippen LogP contribution in [-0.2, 0) is 4.79 Å². The average Bonchev–Trinajstić information content (AvgIpc) is 2.73. The van der Waals surface area contributed by atoms with Crippen LogP contribution in [0.25, 0.3) is 0 Å². The first-order chi connectivity index (χ1) is 13.8. The Balaban J connectivity index is 1.57. The van der Waals surface area contributed by atoms with Gasteiger partial charge in [-0.1, -0.05) is 44.2 Å². The Morgan fingerprint density at radius 1 is 1.00 bits per heavy atom. The molecule has 0 saturated carbocycles. The van der Waals surface area contributed by atoms with Crippen molar-refractivity contribution in [1.82, 2.24) is 20.2 Å². The van der Waals surface area contributed by atoms with E-state index in [0.29, 0.717) is 5.92 Å². The zero-order chi connectivity index (χ0) is 21.0. The number of amides is 1. The predicted molar refractivity (Wildman–Crippen MR) is 117 cm³/mol. The highest BCUT2D eigenvalue weighted by Gasteiger charge is 2.27. The van der Waals surface area contributed by atoms with Gasteiger partial charge in [0.15, 0.2) is 0 Å². The summed E-state index contributed by atoms with van der Waals surface area (Å²) in [5.74, 6) is 2.28. The van der Waals surface area contributed by atoms with E-state index in [0.717, 1.165) is 49.1 Å². The molecule has 29 heavy (non-hydrogen) atoms. The van der Waals surface area contributed by atoms with E-state index in [1.165, 1.54) is 0 Å². The number of hydrogen-bond donors (Lipinski definition) is 1. The second-order valence-electron chi connectivity index (χ2n) is 8.22. The highest BCUT2D eigenvalue weighted by Crippen LogP contribution is 2.19. The first-order valence-corrected chi connectivity index (χ1v) is 10.5. The van der Waals surface area contributed by atoms with Crippen molar-refractivity contribution in [2.45, 2.75) is 52.6 Å². The fourth-order valence-corrected chi connectivity index (χ4v) is 3.66. The van der Waals surface area contributed by atoms with E-state index in [1.807, 2.05) is 51.1 Å². The lowest BCUT2D eigenvalue weighted by atomic mass is 10.1. The molecule has 1 aliphatic rings. The number of carbonyl (C=O) groups excluding carboxylic acids is 1. The summed E-state index contributed by atoms with van der Waals surface area (Å²) < 4.78 is 0.